The summed E-state index contributed by atoms with van der Waals surface area (Å²) in [6.07, 6.45) is 9.81. The Labute approximate surface area is 480 Å². The van der Waals surface area contributed by atoms with Crippen LogP contribution in [0.2, 0.25) is 0 Å². The predicted molar refractivity (Wildman–Crippen MR) is 304 cm³/mol. The van der Waals surface area contributed by atoms with Gasteiger partial charge in [-0.25, -0.2) is 9.59 Å². The number of Topliss-reactive ketones (excluding diaryl/α,β-unsaturated/α-hetero) is 3. The number of benzene rings is 1. The SMILES string of the molecule is CO[C@@H]1C[C@H](C[C@@H](C)[C@@H]2CC(=O)[C@H](C)/C=C(\C)[C@@H](O)[C@@H](OC)C(=O)[C@H](C)C[C@H](C)/C=C/C=C/C=C(\C)C(OCCc3ccccc3)C[C@@H]3CC[C@@H](C)[C@@](O)(O3)C(=O)C(=O)N3CCCC[C@H]3C(=O)O2)CC[C@H]1OC(=O)N(CCO)CCO. The summed E-state index contributed by atoms with van der Waals surface area (Å²) in [6.45, 7) is 12.4. The van der Waals surface area contributed by atoms with Gasteiger partial charge >= 0.3 is 12.1 Å². The van der Waals surface area contributed by atoms with E-state index in [9.17, 15) is 49.2 Å². The monoisotopic (exact) mass is 1130 g/mol. The standard InChI is InChI=1S/C63H94N2O16/c1-40-18-12-10-13-19-41(2)53(78-33-27-47-20-14-11-15-21-47)38-49-25-23-46(7)63(75,81-49)59(71)60(72)65-28-17-16-22-50(65)61(73)79-54(39-51(68)42(3)35-45(6)57(70)58(77-9)56(69)44(5)34-40)43(4)36-48-24-26-52(55(37-48)76-8)80-62(74)64(29-31-66)30-32-67/h10-15,18-21,35,40,42-44,46,48-50,52-55,57-58,66-67,70,75H,16-17,22-34,36-39H2,1-9H3/b13-10+,18-12+,41-19+,45-35+/t40-,42-,43-,44-,46-,48+,49+,50+,52-,53?,54+,55-,57-,58+,63-/m1/s1. The van der Waals surface area contributed by atoms with Crippen LogP contribution in [-0.4, -0.2) is 174 Å². The Morgan fingerprint density at radius 1 is 0.852 bits per heavy atom. The van der Waals surface area contributed by atoms with Crippen molar-refractivity contribution in [2.24, 2.45) is 35.5 Å². The van der Waals surface area contributed by atoms with Crippen LogP contribution in [-0.2, 0) is 58.8 Å². The Morgan fingerprint density at radius 3 is 2.25 bits per heavy atom. The molecule has 15 atom stereocenters. The second kappa shape index (κ2) is 32.8. The van der Waals surface area contributed by atoms with Gasteiger partial charge in [-0.1, -0.05) is 101 Å². The van der Waals surface area contributed by atoms with Gasteiger partial charge in [-0.3, -0.25) is 19.2 Å². The molecule has 4 aliphatic rings. The molecule has 1 aliphatic carbocycles. The topological polar surface area (TPSA) is 245 Å². The highest BCUT2D eigenvalue weighted by atomic mass is 16.6. The second-order valence-corrected chi connectivity index (χ2v) is 23.3. The van der Waals surface area contributed by atoms with Crippen molar-refractivity contribution in [3.63, 3.8) is 0 Å². The molecule has 1 aromatic carbocycles. The van der Waals surface area contributed by atoms with Crippen LogP contribution in [0.25, 0.3) is 0 Å². The quantitative estimate of drug-likeness (QED) is 0.0816. The van der Waals surface area contributed by atoms with Crippen molar-refractivity contribution in [3.05, 3.63) is 83.5 Å². The third-order valence-electron chi connectivity index (χ3n) is 17.0. The summed E-state index contributed by atoms with van der Waals surface area (Å²) in [4.78, 5) is 87.6. The summed E-state index contributed by atoms with van der Waals surface area (Å²) in [7, 11) is 2.89. The second-order valence-electron chi connectivity index (χ2n) is 23.3. The molecule has 452 valence electrons. The lowest BCUT2D eigenvalue weighted by atomic mass is 9.78. The number of fused-ring (bicyclic) bond motifs is 3. The fourth-order valence-corrected chi connectivity index (χ4v) is 11.9. The lowest BCUT2D eigenvalue weighted by molar-refractivity contribution is -0.266. The van der Waals surface area contributed by atoms with Gasteiger partial charge in [0, 0.05) is 64.4 Å². The number of ether oxygens (including phenoxy) is 6. The molecule has 0 radical (unpaired) electrons. The number of rotatable bonds is 14. The van der Waals surface area contributed by atoms with E-state index in [1.165, 1.54) is 24.0 Å². The zero-order valence-electron chi connectivity index (χ0n) is 49.5. The first-order valence-electron chi connectivity index (χ1n) is 29.4. The minimum absolute atomic E-state index is 0.00976. The van der Waals surface area contributed by atoms with E-state index in [2.05, 4.69) is 0 Å². The Balaban J connectivity index is 1.46. The first kappa shape index (κ1) is 66.9. The number of carbonyl (C=O) groups is 6. The largest absolute Gasteiger partial charge is 0.460 e. The van der Waals surface area contributed by atoms with Crippen molar-refractivity contribution in [1.29, 1.82) is 0 Å². The molecule has 5 rings (SSSR count). The summed E-state index contributed by atoms with van der Waals surface area (Å²) in [5.74, 6) is -8.70. The van der Waals surface area contributed by atoms with Crippen molar-refractivity contribution in [3.8, 4) is 0 Å². The molecule has 3 fully saturated rings. The number of nitrogens with zero attached hydrogens (tertiary/aromatic N) is 2. The van der Waals surface area contributed by atoms with E-state index in [-0.39, 0.29) is 75.5 Å². The maximum absolute atomic E-state index is 14.7. The van der Waals surface area contributed by atoms with Gasteiger partial charge in [0.2, 0.25) is 5.79 Å². The number of aliphatic hydroxyl groups is 4. The lowest BCUT2D eigenvalue weighted by Crippen LogP contribution is -2.61. The first-order valence-corrected chi connectivity index (χ1v) is 29.4. The summed E-state index contributed by atoms with van der Waals surface area (Å²) < 4.78 is 36.5. The van der Waals surface area contributed by atoms with Crippen LogP contribution in [0.5, 0.6) is 0 Å². The van der Waals surface area contributed by atoms with Gasteiger partial charge in [0.1, 0.15) is 36.2 Å². The number of carbonyl (C=O) groups excluding carboxylic acids is 6. The van der Waals surface area contributed by atoms with Crippen LogP contribution in [0.1, 0.15) is 131 Å². The predicted octanol–water partition coefficient (Wildman–Crippen LogP) is 7.22. The first-order chi connectivity index (χ1) is 38.6. The molecule has 2 saturated heterocycles. The Bertz CT molecular complexity index is 2330. The average Bonchev–Trinajstić information content (AvgIpc) is 3.46. The molecule has 2 bridgehead atoms. The summed E-state index contributed by atoms with van der Waals surface area (Å²) >= 11 is 0. The number of cyclic esters (lactones) is 1. The third-order valence-corrected chi connectivity index (χ3v) is 17.0. The molecule has 0 aromatic heterocycles. The number of hydrogen-bond acceptors (Lipinski definition) is 16. The van der Waals surface area contributed by atoms with Gasteiger partial charge in [-0.05, 0) is 119 Å². The normalized spacial score (nSPS) is 34.6. The van der Waals surface area contributed by atoms with Gasteiger partial charge in [0.15, 0.2) is 5.78 Å². The van der Waals surface area contributed by atoms with E-state index in [0.29, 0.717) is 76.4 Å². The number of hydrogen-bond donors (Lipinski definition) is 4. The molecule has 4 N–H and O–H groups in total. The van der Waals surface area contributed by atoms with Crippen LogP contribution in [0.3, 0.4) is 0 Å². The zero-order chi connectivity index (χ0) is 59.4. The van der Waals surface area contributed by atoms with Crippen molar-refractivity contribution >= 4 is 35.3 Å². The average molecular weight is 1140 g/mol. The van der Waals surface area contributed by atoms with Crippen LogP contribution in [0, 0.1) is 35.5 Å². The van der Waals surface area contributed by atoms with Crippen LogP contribution in [0.15, 0.2) is 77.9 Å². The van der Waals surface area contributed by atoms with E-state index in [1.807, 2.05) is 81.5 Å². The number of aliphatic hydroxyl groups excluding tert-OH is 3. The zero-order valence-corrected chi connectivity index (χ0v) is 49.5. The van der Waals surface area contributed by atoms with Crippen molar-refractivity contribution in [2.75, 3.05) is 53.7 Å². The number of piperidine rings is 1. The minimum atomic E-state index is -2.50. The maximum atomic E-state index is 14.7. The smallest absolute Gasteiger partial charge is 0.410 e. The van der Waals surface area contributed by atoms with Gasteiger partial charge < -0.3 is 58.6 Å². The Morgan fingerprint density at radius 2 is 1.57 bits per heavy atom. The van der Waals surface area contributed by atoms with Crippen molar-refractivity contribution in [2.45, 2.75) is 186 Å². The minimum Gasteiger partial charge on any atom is -0.460 e. The molecule has 3 aliphatic heterocycles. The van der Waals surface area contributed by atoms with Gasteiger partial charge in [-0.15, -0.1) is 0 Å². The summed E-state index contributed by atoms with van der Waals surface area (Å²) in [5, 5.41) is 42.8. The summed E-state index contributed by atoms with van der Waals surface area (Å²) in [6, 6.07) is 8.73. The molecule has 1 unspecified atom stereocenters. The van der Waals surface area contributed by atoms with Crippen LogP contribution < -0.4 is 0 Å². The van der Waals surface area contributed by atoms with Crippen molar-refractivity contribution in [1.82, 2.24) is 9.80 Å². The molecule has 1 saturated carbocycles. The highest BCUT2D eigenvalue weighted by molar-refractivity contribution is 6.39. The number of esters is 1. The van der Waals surface area contributed by atoms with Gasteiger partial charge in [0.05, 0.1) is 38.1 Å². The maximum Gasteiger partial charge on any atom is 0.410 e. The van der Waals surface area contributed by atoms with Gasteiger partial charge in [-0.2, -0.15) is 0 Å². The van der Waals surface area contributed by atoms with Crippen LogP contribution in [0.4, 0.5) is 4.79 Å². The molecule has 18 nitrogen and oxygen atoms in total. The molecular weight excluding hydrogens is 1040 g/mol. The van der Waals surface area contributed by atoms with E-state index in [1.54, 1.807) is 33.8 Å². The number of methoxy groups -OCH3 is 2. The fraction of sp³-hybridized carbons (Fsp3) is 0.683. The lowest BCUT2D eigenvalue weighted by Gasteiger charge is -2.43. The molecular formula is C63H94N2O16. The highest BCUT2D eigenvalue weighted by Crippen LogP contribution is 2.38. The van der Waals surface area contributed by atoms with E-state index >= 15 is 0 Å². The number of ketones is 3. The summed E-state index contributed by atoms with van der Waals surface area (Å²) in [5.41, 5.74) is 2.32. The number of amides is 2. The Kier molecular flexibility index (Phi) is 27.1. The molecule has 0 spiro atoms. The molecule has 18 heteroatoms. The highest BCUT2D eigenvalue weighted by Gasteiger charge is 2.53. The van der Waals surface area contributed by atoms with Gasteiger partial charge in [0.25, 0.3) is 11.7 Å². The Hall–Kier alpha value is -4.92. The fourth-order valence-electron chi connectivity index (χ4n) is 11.9. The van der Waals surface area contributed by atoms with Crippen molar-refractivity contribution < 1.29 is 77.6 Å². The van der Waals surface area contributed by atoms with E-state index in [0.717, 1.165) is 11.1 Å². The molecule has 1 aromatic rings. The molecule has 2 amide bonds. The van der Waals surface area contributed by atoms with E-state index < -0.39 is 102 Å². The molecule has 3 heterocycles. The van der Waals surface area contributed by atoms with Crippen LogP contribution >= 0.6 is 0 Å². The molecule has 81 heavy (non-hydrogen) atoms. The number of allylic oxidation sites excluding steroid dienone is 6. The van der Waals surface area contributed by atoms with E-state index in [4.69, 9.17) is 28.4 Å². The third kappa shape index (κ3) is 19.1.